The number of aromatic nitrogens is 2. The van der Waals surface area contributed by atoms with Crippen molar-refractivity contribution in [3.8, 4) is 16.8 Å². The third-order valence-corrected chi connectivity index (χ3v) is 5.30. The molecule has 0 amide bonds. The molecule has 2 aromatic carbocycles. The van der Waals surface area contributed by atoms with Crippen LogP contribution in [0.25, 0.3) is 16.8 Å². The van der Waals surface area contributed by atoms with Crippen LogP contribution in [-0.2, 0) is 16.4 Å². The molecular formula is C17H15BrFN3O2S. The van der Waals surface area contributed by atoms with Crippen molar-refractivity contribution in [3.05, 3.63) is 64.6 Å². The van der Waals surface area contributed by atoms with E-state index < -0.39 is 9.84 Å². The van der Waals surface area contributed by atoms with Gasteiger partial charge in [0.2, 0.25) is 0 Å². The Labute approximate surface area is 153 Å². The van der Waals surface area contributed by atoms with E-state index in [0.717, 1.165) is 6.26 Å². The van der Waals surface area contributed by atoms with E-state index in [1.807, 2.05) is 0 Å². The van der Waals surface area contributed by atoms with Gasteiger partial charge in [-0.25, -0.2) is 17.5 Å². The van der Waals surface area contributed by atoms with Gasteiger partial charge in [0.25, 0.3) is 0 Å². The third kappa shape index (κ3) is 3.81. The highest BCUT2D eigenvalue weighted by atomic mass is 79.9. The van der Waals surface area contributed by atoms with E-state index >= 15 is 0 Å². The van der Waals surface area contributed by atoms with Gasteiger partial charge in [0.15, 0.2) is 9.84 Å². The molecule has 0 unspecified atom stereocenters. The second-order valence-electron chi connectivity index (χ2n) is 5.61. The van der Waals surface area contributed by atoms with Crippen molar-refractivity contribution >= 4 is 25.8 Å². The minimum absolute atomic E-state index is 0.151. The van der Waals surface area contributed by atoms with Crippen molar-refractivity contribution in [2.45, 2.75) is 11.4 Å². The lowest BCUT2D eigenvalue weighted by Crippen LogP contribution is -2.05. The number of benzene rings is 2. The lowest BCUT2D eigenvalue weighted by Gasteiger charge is -2.08. The summed E-state index contributed by atoms with van der Waals surface area (Å²) in [6.07, 6.45) is 4.36. The van der Waals surface area contributed by atoms with E-state index in [0.29, 0.717) is 26.9 Å². The molecule has 3 rings (SSSR count). The quantitative estimate of drug-likeness (QED) is 0.697. The van der Waals surface area contributed by atoms with Crippen LogP contribution in [0.5, 0.6) is 0 Å². The van der Waals surface area contributed by atoms with Gasteiger partial charge >= 0.3 is 0 Å². The first-order valence-electron chi connectivity index (χ1n) is 7.32. The first kappa shape index (κ1) is 17.8. The summed E-state index contributed by atoms with van der Waals surface area (Å²) in [5, 5.41) is 4.24. The van der Waals surface area contributed by atoms with Crippen molar-refractivity contribution < 1.29 is 12.8 Å². The Kier molecular flexibility index (Phi) is 4.77. The normalized spacial score (nSPS) is 11.7. The van der Waals surface area contributed by atoms with Crippen LogP contribution in [0.1, 0.15) is 5.56 Å². The molecule has 0 atom stereocenters. The first-order chi connectivity index (χ1) is 11.8. The van der Waals surface area contributed by atoms with Gasteiger partial charge in [0, 0.05) is 29.0 Å². The topological polar surface area (TPSA) is 78.0 Å². The Bertz CT molecular complexity index is 1050. The lowest BCUT2D eigenvalue weighted by molar-refractivity contribution is 0.600. The maximum Gasteiger partial charge on any atom is 0.177 e. The number of sulfone groups is 1. The summed E-state index contributed by atoms with van der Waals surface area (Å²) in [6, 6.07) is 9.47. The summed E-state index contributed by atoms with van der Waals surface area (Å²) in [5.74, 6) is -0.383. The fourth-order valence-electron chi connectivity index (χ4n) is 2.51. The van der Waals surface area contributed by atoms with E-state index in [1.165, 1.54) is 22.9 Å². The molecule has 0 aliphatic heterocycles. The smallest absolute Gasteiger partial charge is 0.177 e. The summed E-state index contributed by atoms with van der Waals surface area (Å²) < 4.78 is 40.0. The zero-order valence-corrected chi connectivity index (χ0v) is 15.7. The lowest BCUT2D eigenvalue weighted by atomic mass is 10.1. The fourth-order valence-corrected chi connectivity index (χ4v) is 3.91. The van der Waals surface area contributed by atoms with Gasteiger partial charge < -0.3 is 5.73 Å². The summed E-state index contributed by atoms with van der Waals surface area (Å²) >= 11 is 3.28. The van der Waals surface area contributed by atoms with Crippen molar-refractivity contribution in [2.75, 3.05) is 6.26 Å². The average Bonchev–Trinajstić information content (AvgIpc) is 3.03. The molecule has 0 saturated heterocycles. The van der Waals surface area contributed by atoms with Gasteiger partial charge in [-0.15, -0.1) is 0 Å². The predicted molar refractivity (Wildman–Crippen MR) is 97.7 cm³/mol. The molecule has 3 aromatic rings. The highest BCUT2D eigenvalue weighted by Crippen LogP contribution is 2.27. The van der Waals surface area contributed by atoms with Gasteiger partial charge in [-0.3, -0.25) is 0 Å². The van der Waals surface area contributed by atoms with Crippen LogP contribution in [0.2, 0.25) is 0 Å². The predicted octanol–water partition coefficient (Wildman–Crippen LogP) is 3.30. The molecule has 0 saturated carbocycles. The summed E-state index contributed by atoms with van der Waals surface area (Å²) in [6.45, 7) is 0.226. The number of halogens is 2. The second-order valence-corrected chi connectivity index (χ2v) is 8.51. The summed E-state index contributed by atoms with van der Waals surface area (Å²) in [5.41, 5.74) is 7.97. The van der Waals surface area contributed by atoms with Crippen molar-refractivity contribution in [3.63, 3.8) is 0 Å². The monoisotopic (exact) mass is 423 g/mol. The van der Waals surface area contributed by atoms with Gasteiger partial charge in [-0.1, -0.05) is 15.9 Å². The standard InChI is InChI=1S/C17H15BrFN3O2S/c1-25(23,24)17-7-14(18)2-3-16(17)22-10-13(9-21-22)12-4-11(8-20)5-15(19)6-12/h2-7,9-10H,8,20H2,1H3. The number of nitrogens with zero attached hydrogens (tertiary/aromatic N) is 2. The molecule has 1 aromatic heterocycles. The minimum Gasteiger partial charge on any atom is -0.326 e. The minimum atomic E-state index is -3.44. The fraction of sp³-hybridized carbons (Fsp3) is 0.118. The van der Waals surface area contributed by atoms with Crippen molar-refractivity contribution in [1.29, 1.82) is 0 Å². The largest absolute Gasteiger partial charge is 0.326 e. The Morgan fingerprint density at radius 2 is 1.96 bits per heavy atom. The third-order valence-electron chi connectivity index (χ3n) is 3.68. The summed E-state index contributed by atoms with van der Waals surface area (Å²) in [7, 11) is -3.44. The van der Waals surface area contributed by atoms with Crippen molar-refractivity contribution in [2.24, 2.45) is 5.73 Å². The second kappa shape index (κ2) is 6.70. The molecule has 8 heteroatoms. The van der Waals surface area contributed by atoms with Crippen LogP contribution in [0.4, 0.5) is 4.39 Å². The molecule has 0 bridgehead atoms. The van der Waals surface area contributed by atoms with Crippen LogP contribution in [0.3, 0.4) is 0 Å². The molecular weight excluding hydrogens is 409 g/mol. The molecule has 0 aliphatic rings. The van der Waals surface area contributed by atoms with Crippen LogP contribution < -0.4 is 5.73 Å². The number of hydrogen-bond donors (Lipinski definition) is 1. The Balaban J connectivity index is 2.11. The SMILES string of the molecule is CS(=O)(=O)c1cc(Br)ccc1-n1cc(-c2cc(F)cc(CN)c2)cn1. The molecule has 0 spiro atoms. The Hall–Kier alpha value is -2.03. The molecule has 25 heavy (non-hydrogen) atoms. The Morgan fingerprint density at radius 1 is 1.20 bits per heavy atom. The maximum atomic E-state index is 13.7. The van der Waals surface area contributed by atoms with Crippen LogP contribution in [0.15, 0.2) is 58.2 Å². The molecule has 5 nitrogen and oxygen atoms in total. The molecule has 0 aliphatic carbocycles. The van der Waals surface area contributed by atoms with Crippen LogP contribution in [0, 0.1) is 5.82 Å². The zero-order chi connectivity index (χ0) is 18.2. The van der Waals surface area contributed by atoms with Gasteiger partial charge in [0.1, 0.15) is 5.82 Å². The van der Waals surface area contributed by atoms with Gasteiger partial charge in [0.05, 0.1) is 16.8 Å². The molecule has 1 heterocycles. The van der Waals surface area contributed by atoms with Gasteiger partial charge in [-0.2, -0.15) is 5.10 Å². The zero-order valence-electron chi connectivity index (χ0n) is 13.3. The summed E-state index contributed by atoms with van der Waals surface area (Å²) in [4.78, 5) is 0.151. The molecule has 0 radical (unpaired) electrons. The molecule has 0 fully saturated rings. The van der Waals surface area contributed by atoms with E-state index in [2.05, 4.69) is 21.0 Å². The van der Waals surface area contributed by atoms with Crippen LogP contribution in [-0.4, -0.2) is 24.5 Å². The van der Waals surface area contributed by atoms with E-state index in [9.17, 15) is 12.8 Å². The van der Waals surface area contributed by atoms with Crippen LogP contribution >= 0.6 is 15.9 Å². The van der Waals surface area contributed by atoms with E-state index in [-0.39, 0.29) is 17.3 Å². The highest BCUT2D eigenvalue weighted by Gasteiger charge is 2.16. The highest BCUT2D eigenvalue weighted by molar-refractivity contribution is 9.10. The first-order valence-corrected chi connectivity index (χ1v) is 10.0. The molecule has 130 valence electrons. The Morgan fingerprint density at radius 3 is 2.64 bits per heavy atom. The maximum absolute atomic E-state index is 13.7. The number of hydrogen-bond acceptors (Lipinski definition) is 4. The van der Waals surface area contributed by atoms with E-state index in [1.54, 1.807) is 30.6 Å². The average molecular weight is 424 g/mol. The van der Waals surface area contributed by atoms with Crippen molar-refractivity contribution in [1.82, 2.24) is 9.78 Å². The van der Waals surface area contributed by atoms with Gasteiger partial charge in [-0.05, 0) is 47.5 Å². The number of nitrogens with two attached hydrogens (primary N) is 1. The molecule has 2 N–H and O–H groups in total. The van der Waals surface area contributed by atoms with E-state index in [4.69, 9.17) is 5.73 Å². The number of rotatable bonds is 4.